The highest BCUT2D eigenvalue weighted by Crippen LogP contribution is 2.25. The molecule has 116 valence electrons. The lowest BCUT2D eigenvalue weighted by molar-refractivity contribution is 0.0526. The summed E-state index contributed by atoms with van der Waals surface area (Å²) in [6.07, 6.45) is 0. The minimum Gasteiger partial charge on any atom is -0.462 e. The van der Waals surface area contributed by atoms with Gasteiger partial charge >= 0.3 is 5.97 Å². The number of hydrogen-bond acceptors (Lipinski definition) is 3. The van der Waals surface area contributed by atoms with Crippen LogP contribution in [0.4, 0.5) is 0 Å². The predicted octanol–water partition coefficient (Wildman–Crippen LogP) is 3.93. The van der Waals surface area contributed by atoms with Crippen molar-refractivity contribution in [1.29, 1.82) is 0 Å². The molecule has 0 amide bonds. The van der Waals surface area contributed by atoms with Crippen molar-refractivity contribution < 1.29 is 9.53 Å². The predicted molar refractivity (Wildman–Crippen MR) is 90.0 cm³/mol. The number of esters is 1. The van der Waals surface area contributed by atoms with Crippen molar-refractivity contribution in [3.63, 3.8) is 0 Å². The molecule has 4 heteroatoms. The molecule has 0 aliphatic rings. The molecule has 0 saturated carbocycles. The lowest BCUT2D eigenvalue weighted by atomic mass is 10.1. The molecule has 0 atom stereocenters. The quantitative estimate of drug-likeness (QED) is 0.686. The Bertz CT molecular complexity index is 805. The molecule has 0 bridgehead atoms. The normalized spacial score (nSPS) is 10.5. The van der Waals surface area contributed by atoms with E-state index >= 15 is 0 Å². The summed E-state index contributed by atoms with van der Waals surface area (Å²) in [5, 5.41) is 4.57. The third-order valence-corrected chi connectivity index (χ3v) is 3.64. The van der Waals surface area contributed by atoms with Gasteiger partial charge in [-0.1, -0.05) is 42.5 Å². The summed E-state index contributed by atoms with van der Waals surface area (Å²) in [6, 6.07) is 19.5. The van der Waals surface area contributed by atoms with Gasteiger partial charge in [0.05, 0.1) is 23.6 Å². The van der Waals surface area contributed by atoms with Gasteiger partial charge in [-0.25, -0.2) is 4.79 Å². The number of carbonyl (C=O) groups excluding carboxylic acids is 1. The van der Waals surface area contributed by atoms with E-state index < -0.39 is 0 Å². The molecule has 0 radical (unpaired) electrons. The Labute approximate surface area is 135 Å². The maximum Gasteiger partial charge on any atom is 0.338 e. The highest BCUT2D eigenvalue weighted by Gasteiger charge is 2.10. The van der Waals surface area contributed by atoms with E-state index in [4.69, 9.17) is 4.74 Å². The highest BCUT2D eigenvalue weighted by molar-refractivity contribution is 5.90. The number of rotatable bonds is 4. The molecule has 0 aliphatic carbocycles. The van der Waals surface area contributed by atoms with E-state index in [2.05, 4.69) is 23.3 Å². The van der Waals surface area contributed by atoms with Crippen molar-refractivity contribution in [2.45, 2.75) is 6.92 Å². The van der Waals surface area contributed by atoms with Crippen LogP contribution in [0.5, 0.6) is 0 Å². The Morgan fingerprint density at radius 1 is 1.04 bits per heavy atom. The Balaban J connectivity index is 1.90. The number of aryl methyl sites for hydroxylation is 1. The molecule has 0 spiro atoms. The molecule has 0 fully saturated rings. The summed E-state index contributed by atoms with van der Waals surface area (Å²) in [7, 11) is 1.93. The van der Waals surface area contributed by atoms with Crippen LogP contribution in [-0.4, -0.2) is 22.4 Å². The van der Waals surface area contributed by atoms with Crippen LogP contribution in [0.3, 0.4) is 0 Å². The number of hydrogen-bond donors (Lipinski definition) is 0. The third-order valence-electron chi connectivity index (χ3n) is 3.64. The largest absolute Gasteiger partial charge is 0.462 e. The molecule has 3 aromatic rings. The number of aromatic nitrogens is 2. The van der Waals surface area contributed by atoms with E-state index in [1.807, 2.05) is 42.1 Å². The second-order valence-electron chi connectivity index (χ2n) is 5.20. The van der Waals surface area contributed by atoms with Gasteiger partial charge in [0.1, 0.15) is 0 Å². The van der Waals surface area contributed by atoms with E-state index in [1.54, 1.807) is 19.1 Å². The van der Waals surface area contributed by atoms with Crippen molar-refractivity contribution in [3.05, 3.63) is 66.2 Å². The molecule has 4 nitrogen and oxygen atoms in total. The van der Waals surface area contributed by atoms with Crippen molar-refractivity contribution in [2.24, 2.45) is 7.05 Å². The van der Waals surface area contributed by atoms with Crippen molar-refractivity contribution in [1.82, 2.24) is 9.78 Å². The van der Waals surface area contributed by atoms with Crippen molar-refractivity contribution in [2.75, 3.05) is 6.61 Å². The summed E-state index contributed by atoms with van der Waals surface area (Å²) in [4.78, 5) is 11.7. The molecule has 1 aromatic heterocycles. The highest BCUT2D eigenvalue weighted by atomic mass is 16.5. The molecule has 1 heterocycles. The van der Waals surface area contributed by atoms with Gasteiger partial charge in [0, 0.05) is 12.6 Å². The van der Waals surface area contributed by atoms with Crippen molar-refractivity contribution >= 4 is 5.97 Å². The zero-order valence-electron chi connectivity index (χ0n) is 13.2. The standard InChI is InChI=1S/C19H18N2O2/c1-3-23-19(22)16-11-9-14(10-12-16)17-13-18(21(2)20-17)15-7-5-4-6-8-15/h4-13H,3H2,1-2H3. The Morgan fingerprint density at radius 3 is 2.39 bits per heavy atom. The topological polar surface area (TPSA) is 44.1 Å². The lowest BCUT2D eigenvalue weighted by Gasteiger charge is -2.02. The Hall–Kier alpha value is -2.88. The summed E-state index contributed by atoms with van der Waals surface area (Å²) in [5.74, 6) is -0.301. The van der Waals surface area contributed by atoms with Crippen LogP contribution in [0.25, 0.3) is 22.5 Å². The molecule has 2 aromatic carbocycles. The average Bonchev–Trinajstić information content (AvgIpc) is 2.98. The number of benzene rings is 2. The summed E-state index contributed by atoms with van der Waals surface area (Å²) in [5.41, 5.74) is 4.57. The molecule has 0 saturated heterocycles. The van der Waals surface area contributed by atoms with Gasteiger partial charge in [-0.15, -0.1) is 0 Å². The fourth-order valence-corrected chi connectivity index (χ4v) is 2.48. The lowest BCUT2D eigenvalue weighted by Crippen LogP contribution is -2.04. The molecular weight excluding hydrogens is 288 g/mol. The van der Waals surface area contributed by atoms with Crippen LogP contribution >= 0.6 is 0 Å². The fraction of sp³-hybridized carbons (Fsp3) is 0.158. The van der Waals surface area contributed by atoms with Crippen LogP contribution < -0.4 is 0 Å². The van der Waals surface area contributed by atoms with Gasteiger partial charge in [0.2, 0.25) is 0 Å². The average molecular weight is 306 g/mol. The monoisotopic (exact) mass is 306 g/mol. The SMILES string of the molecule is CCOC(=O)c1ccc(-c2cc(-c3ccccc3)n(C)n2)cc1. The zero-order chi connectivity index (χ0) is 16.2. The maximum atomic E-state index is 11.7. The molecule has 23 heavy (non-hydrogen) atoms. The number of ether oxygens (including phenoxy) is 1. The van der Waals surface area contributed by atoms with E-state index in [0.717, 1.165) is 22.5 Å². The van der Waals surface area contributed by atoms with Crippen LogP contribution in [0.15, 0.2) is 60.7 Å². The minimum atomic E-state index is -0.301. The summed E-state index contributed by atoms with van der Waals surface area (Å²) < 4.78 is 6.86. The van der Waals surface area contributed by atoms with E-state index in [0.29, 0.717) is 12.2 Å². The molecule has 0 unspecified atom stereocenters. The number of nitrogens with zero attached hydrogens (tertiary/aromatic N) is 2. The Kier molecular flexibility index (Phi) is 4.24. The van der Waals surface area contributed by atoms with E-state index in [1.165, 1.54) is 0 Å². The van der Waals surface area contributed by atoms with Gasteiger partial charge in [0.15, 0.2) is 0 Å². The second-order valence-corrected chi connectivity index (χ2v) is 5.20. The van der Waals surface area contributed by atoms with Gasteiger partial charge in [0.25, 0.3) is 0 Å². The maximum absolute atomic E-state index is 11.7. The minimum absolute atomic E-state index is 0.301. The van der Waals surface area contributed by atoms with Crippen LogP contribution in [0, 0.1) is 0 Å². The smallest absolute Gasteiger partial charge is 0.338 e. The summed E-state index contributed by atoms with van der Waals surface area (Å²) >= 11 is 0. The van der Waals surface area contributed by atoms with Gasteiger partial charge in [-0.05, 0) is 30.7 Å². The zero-order valence-corrected chi connectivity index (χ0v) is 13.2. The first-order chi connectivity index (χ1) is 11.2. The van der Waals surface area contributed by atoms with E-state index in [9.17, 15) is 4.79 Å². The molecular formula is C19H18N2O2. The molecule has 0 N–H and O–H groups in total. The van der Waals surface area contributed by atoms with Crippen LogP contribution in [0.1, 0.15) is 17.3 Å². The van der Waals surface area contributed by atoms with Crippen LogP contribution in [0.2, 0.25) is 0 Å². The molecule has 0 aliphatic heterocycles. The first kappa shape index (κ1) is 15.0. The van der Waals surface area contributed by atoms with E-state index in [-0.39, 0.29) is 5.97 Å². The number of carbonyl (C=O) groups is 1. The summed E-state index contributed by atoms with van der Waals surface area (Å²) in [6.45, 7) is 2.17. The first-order valence-corrected chi connectivity index (χ1v) is 7.56. The second kappa shape index (κ2) is 6.48. The van der Waals surface area contributed by atoms with Crippen molar-refractivity contribution in [3.8, 4) is 22.5 Å². The third kappa shape index (κ3) is 3.16. The van der Waals surface area contributed by atoms with Crippen LogP contribution in [-0.2, 0) is 11.8 Å². The molecule has 3 rings (SSSR count). The fourth-order valence-electron chi connectivity index (χ4n) is 2.48. The van der Waals surface area contributed by atoms with Gasteiger partial charge in [-0.2, -0.15) is 5.10 Å². The van der Waals surface area contributed by atoms with Gasteiger partial charge < -0.3 is 4.74 Å². The van der Waals surface area contributed by atoms with Gasteiger partial charge in [-0.3, -0.25) is 4.68 Å². The Morgan fingerprint density at radius 2 is 1.74 bits per heavy atom. The first-order valence-electron chi connectivity index (χ1n) is 7.56.